The van der Waals surface area contributed by atoms with Gasteiger partial charge in [0.1, 0.15) is 5.75 Å². The molecule has 0 amide bonds. The van der Waals surface area contributed by atoms with E-state index in [0.29, 0.717) is 4.53 Å². The molecule has 1 aromatic heterocycles. The quantitative estimate of drug-likeness (QED) is 0.232. The Morgan fingerprint density at radius 2 is 1.54 bits per heavy atom. The van der Waals surface area contributed by atoms with Gasteiger partial charge in [-0.3, -0.25) is 9.36 Å². The third-order valence-corrected chi connectivity index (χ3v) is 9.38. The zero-order valence-electron chi connectivity index (χ0n) is 22.5. The molecule has 5 aromatic carbocycles. The van der Waals surface area contributed by atoms with Gasteiger partial charge in [0.2, 0.25) is 0 Å². The molecular weight excluding hydrogens is 524 g/mol. The first-order valence-electron chi connectivity index (χ1n) is 13.9. The average molecular weight is 551 g/mol. The molecule has 198 valence electrons. The number of methoxy groups -OCH3 is 1. The summed E-state index contributed by atoms with van der Waals surface area (Å²) >= 11 is 1.48. The molecule has 0 spiro atoms. The van der Waals surface area contributed by atoms with Crippen molar-refractivity contribution in [1.82, 2.24) is 4.57 Å². The largest absolute Gasteiger partial charge is 0.497 e. The molecule has 0 fully saturated rings. The first-order valence-corrected chi connectivity index (χ1v) is 14.7. The van der Waals surface area contributed by atoms with Gasteiger partial charge in [0, 0.05) is 5.56 Å². The second-order valence-corrected chi connectivity index (χ2v) is 11.6. The van der Waals surface area contributed by atoms with Crippen molar-refractivity contribution in [2.24, 2.45) is 4.99 Å². The van der Waals surface area contributed by atoms with E-state index in [9.17, 15) is 4.79 Å². The topological polar surface area (TPSA) is 43.6 Å². The van der Waals surface area contributed by atoms with Gasteiger partial charge >= 0.3 is 0 Å². The molecule has 8 rings (SSSR count). The summed E-state index contributed by atoms with van der Waals surface area (Å²) in [4.78, 5) is 20.3. The Balaban J connectivity index is 1.42. The number of hydrogen-bond acceptors (Lipinski definition) is 4. The number of rotatable bonds is 3. The summed E-state index contributed by atoms with van der Waals surface area (Å²) in [6, 6.07) is 35.4. The number of ether oxygens (including phenoxy) is 1. The summed E-state index contributed by atoms with van der Waals surface area (Å²) in [5, 5.41) is 4.59. The Hall–Kier alpha value is -4.74. The lowest BCUT2D eigenvalue weighted by molar-refractivity contribution is 0.414. The fourth-order valence-corrected chi connectivity index (χ4v) is 7.43. The predicted octanol–water partition coefficient (Wildman–Crippen LogP) is 6.63. The van der Waals surface area contributed by atoms with Gasteiger partial charge in [-0.25, -0.2) is 4.99 Å². The number of benzene rings is 5. The van der Waals surface area contributed by atoms with Crippen LogP contribution in [0.25, 0.3) is 33.3 Å². The minimum Gasteiger partial charge on any atom is -0.497 e. The Labute approximate surface area is 240 Å². The first-order chi connectivity index (χ1) is 20.2. The van der Waals surface area contributed by atoms with Gasteiger partial charge in [-0.05, 0) is 80.9 Å². The van der Waals surface area contributed by atoms with Crippen LogP contribution in [0.3, 0.4) is 0 Å². The van der Waals surface area contributed by atoms with Crippen molar-refractivity contribution >= 4 is 44.7 Å². The van der Waals surface area contributed by atoms with Crippen molar-refractivity contribution in [3.8, 4) is 5.75 Å². The number of allylic oxidation sites excluding steroid dienone is 1. The van der Waals surface area contributed by atoms with Gasteiger partial charge in [0.05, 0.1) is 23.4 Å². The Kier molecular flexibility index (Phi) is 5.54. The van der Waals surface area contributed by atoms with E-state index in [1.807, 2.05) is 16.7 Å². The molecule has 1 aliphatic carbocycles. The third-order valence-electron chi connectivity index (χ3n) is 8.39. The van der Waals surface area contributed by atoms with Crippen LogP contribution < -0.4 is 19.6 Å². The molecule has 41 heavy (non-hydrogen) atoms. The number of thiazole rings is 1. The maximum Gasteiger partial charge on any atom is 0.271 e. The first kappa shape index (κ1) is 24.1. The van der Waals surface area contributed by atoms with Crippen molar-refractivity contribution in [3.05, 3.63) is 151 Å². The fraction of sp³-hybridized carbons (Fsp3) is 0.111. The molecule has 1 atom stereocenters. The third kappa shape index (κ3) is 3.80. The van der Waals surface area contributed by atoms with E-state index in [1.54, 1.807) is 7.11 Å². The summed E-state index contributed by atoms with van der Waals surface area (Å²) in [5.41, 5.74) is 6.82. The second kappa shape index (κ2) is 9.43. The van der Waals surface area contributed by atoms with Crippen molar-refractivity contribution in [2.45, 2.75) is 18.9 Å². The van der Waals surface area contributed by atoms with E-state index in [1.165, 1.54) is 28.0 Å². The smallest absolute Gasteiger partial charge is 0.271 e. The maximum absolute atomic E-state index is 14.4. The SMILES string of the molecule is COc1ccc([C@H]2C3=C(N=c4s/c(=C\c5c6ccccc6cc6ccccc56)c(=O)n42)c2ccccc2CC3)cc1. The van der Waals surface area contributed by atoms with Gasteiger partial charge in [0.15, 0.2) is 4.80 Å². The van der Waals surface area contributed by atoms with Gasteiger partial charge in [0.25, 0.3) is 5.56 Å². The van der Waals surface area contributed by atoms with Crippen molar-refractivity contribution in [2.75, 3.05) is 7.11 Å². The number of nitrogens with zero attached hydrogens (tertiary/aromatic N) is 2. The zero-order chi connectivity index (χ0) is 27.5. The highest BCUT2D eigenvalue weighted by molar-refractivity contribution is 7.07. The van der Waals surface area contributed by atoms with Crippen molar-refractivity contribution < 1.29 is 4.74 Å². The highest BCUT2D eigenvalue weighted by Gasteiger charge is 2.32. The molecule has 0 saturated carbocycles. The van der Waals surface area contributed by atoms with Gasteiger partial charge < -0.3 is 4.74 Å². The summed E-state index contributed by atoms with van der Waals surface area (Å²) in [6.07, 6.45) is 3.88. The molecule has 0 bridgehead atoms. The van der Waals surface area contributed by atoms with E-state index < -0.39 is 0 Å². The number of aryl methyl sites for hydroxylation is 1. The standard InChI is InChI=1S/C36H26N2O2S/c1-40-26-17-14-23(15-18-26)34-30-19-16-22-8-2-7-13-29(22)33(30)37-36-38(34)35(39)32(41-36)21-31-27-11-5-3-9-24(27)20-25-10-4-6-12-28(25)31/h2-15,17-18,20-21,34H,16,19H2,1H3/b32-21-/t34-/m0/s1. The predicted molar refractivity (Wildman–Crippen MR) is 167 cm³/mol. The lowest BCUT2D eigenvalue weighted by Gasteiger charge is -2.30. The van der Waals surface area contributed by atoms with Crippen LogP contribution in [0.5, 0.6) is 5.75 Å². The lowest BCUT2D eigenvalue weighted by atomic mass is 9.83. The van der Waals surface area contributed by atoms with Crippen LogP contribution >= 0.6 is 11.3 Å². The summed E-state index contributed by atoms with van der Waals surface area (Å²) in [6.45, 7) is 0. The normalized spacial score (nSPS) is 16.3. The molecule has 0 unspecified atom stereocenters. The molecule has 6 aromatic rings. The molecule has 0 saturated heterocycles. The fourth-order valence-electron chi connectivity index (χ4n) is 6.44. The minimum atomic E-state index is -0.216. The van der Waals surface area contributed by atoms with E-state index in [2.05, 4.69) is 97.1 Å². The second-order valence-electron chi connectivity index (χ2n) is 10.6. The van der Waals surface area contributed by atoms with Crippen LogP contribution in [0, 0.1) is 0 Å². The van der Waals surface area contributed by atoms with Crippen LogP contribution in [0.1, 0.15) is 34.7 Å². The molecular formula is C36H26N2O2S. The van der Waals surface area contributed by atoms with Gasteiger partial charge in [-0.15, -0.1) is 0 Å². The van der Waals surface area contributed by atoms with Crippen LogP contribution in [-0.4, -0.2) is 11.7 Å². The molecule has 1 aliphatic heterocycles. The number of hydrogen-bond donors (Lipinski definition) is 0. The van der Waals surface area contributed by atoms with Crippen molar-refractivity contribution in [3.63, 3.8) is 0 Å². The molecule has 0 radical (unpaired) electrons. The summed E-state index contributed by atoms with van der Waals surface area (Å²) < 4.78 is 8.05. The summed E-state index contributed by atoms with van der Waals surface area (Å²) in [7, 11) is 1.67. The Morgan fingerprint density at radius 1 is 0.854 bits per heavy atom. The van der Waals surface area contributed by atoms with Crippen molar-refractivity contribution in [1.29, 1.82) is 0 Å². The zero-order valence-corrected chi connectivity index (χ0v) is 23.3. The summed E-state index contributed by atoms with van der Waals surface area (Å²) in [5.74, 6) is 0.798. The highest BCUT2D eigenvalue weighted by atomic mass is 32.1. The molecule has 5 heteroatoms. The lowest BCUT2D eigenvalue weighted by Crippen LogP contribution is -2.38. The minimum absolute atomic E-state index is 0.00279. The highest BCUT2D eigenvalue weighted by Crippen LogP contribution is 2.41. The molecule has 4 nitrogen and oxygen atoms in total. The van der Waals surface area contributed by atoms with Gasteiger partial charge in [-0.1, -0.05) is 96.3 Å². The van der Waals surface area contributed by atoms with Crippen LogP contribution in [0.4, 0.5) is 0 Å². The van der Waals surface area contributed by atoms with E-state index in [0.717, 1.165) is 61.8 Å². The maximum atomic E-state index is 14.4. The number of fused-ring (bicyclic) bond motifs is 5. The number of aromatic nitrogens is 1. The monoisotopic (exact) mass is 550 g/mol. The van der Waals surface area contributed by atoms with E-state index in [4.69, 9.17) is 9.73 Å². The van der Waals surface area contributed by atoms with Crippen LogP contribution in [0.2, 0.25) is 0 Å². The average Bonchev–Trinajstić information content (AvgIpc) is 3.34. The van der Waals surface area contributed by atoms with Crippen LogP contribution in [-0.2, 0) is 6.42 Å². The van der Waals surface area contributed by atoms with E-state index in [-0.39, 0.29) is 11.6 Å². The van der Waals surface area contributed by atoms with Gasteiger partial charge in [-0.2, -0.15) is 0 Å². The van der Waals surface area contributed by atoms with Crippen LogP contribution in [0.15, 0.2) is 118 Å². The van der Waals surface area contributed by atoms with E-state index >= 15 is 0 Å². The molecule has 2 heterocycles. The Morgan fingerprint density at radius 3 is 2.27 bits per heavy atom. The molecule has 0 N–H and O–H groups in total. The Bertz CT molecular complexity index is 2170. The molecule has 2 aliphatic rings.